The molecule has 2 aliphatic rings. The number of amides is 1. The Balaban J connectivity index is 1.51. The van der Waals surface area contributed by atoms with Crippen LogP contribution in [-0.2, 0) is 4.74 Å². The third-order valence-electron chi connectivity index (χ3n) is 6.84. The third-order valence-corrected chi connectivity index (χ3v) is 8.48. The number of ether oxygens (including phenoxy) is 1. The molecule has 1 saturated heterocycles. The number of halogens is 1. The summed E-state index contributed by atoms with van der Waals surface area (Å²) >= 11 is 2.69. The minimum atomic E-state index is -0.701. The van der Waals surface area contributed by atoms with Gasteiger partial charge in [0.1, 0.15) is 28.4 Å². The first-order chi connectivity index (χ1) is 17.6. The minimum Gasteiger partial charge on any atom is -0.443 e. The van der Waals surface area contributed by atoms with E-state index in [-0.39, 0.29) is 12.0 Å². The molecule has 4 heterocycles. The first kappa shape index (κ1) is 24.3. The van der Waals surface area contributed by atoms with Crippen molar-refractivity contribution < 1.29 is 19.0 Å². The number of carbonyl (C=O) groups is 1. The van der Waals surface area contributed by atoms with Crippen LogP contribution in [0.15, 0.2) is 27.1 Å². The summed E-state index contributed by atoms with van der Waals surface area (Å²) in [5.74, 6) is 0.769. The number of hydrogen-bond acceptors (Lipinski definition) is 10. The monoisotopic (exact) mass is 543 g/mol. The SMILES string of the molecule is CN(C(=O)OC(C)(C)C)c1cc(F)cc2c1[nH]c1nc(Sc3nncs3)nc(N3CC4C[C@@H](O)C4C3)c12. The minimum absolute atomic E-state index is 0.195. The number of nitrogens with one attached hydrogen (secondary N) is 1. The highest BCUT2D eigenvalue weighted by Crippen LogP contribution is 2.45. The van der Waals surface area contributed by atoms with Crippen molar-refractivity contribution in [3.05, 3.63) is 23.5 Å². The molecule has 194 valence electrons. The van der Waals surface area contributed by atoms with E-state index < -0.39 is 17.5 Å². The van der Waals surface area contributed by atoms with Gasteiger partial charge in [-0.1, -0.05) is 11.3 Å². The molecular weight excluding hydrogens is 517 g/mol. The van der Waals surface area contributed by atoms with Crippen molar-refractivity contribution in [2.75, 3.05) is 29.9 Å². The van der Waals surface area contributed by atoms with Gasteiger partial charge in [-0.15, -0.1) is 10.2 Å². The number of hydrogen-bond donors (Lipinski definition) is 2. The standard InChI is InChI=1S/C24H26FN7O3S2/c1-24(2,3)35-23(34)31(4)15-7-12(25)6-13-17-19(27-18(13)15)28-21(37-22-30-26-10-36-22)29-20(17)32-8-11-5-16(33)14(11)9-32/h6-7,10-11,14,16,33H,5,8-9H2,1-4H3,(H,27,28,29)/t11?,14?,16-/m1/s1. The molecular formula is C24H26FN7O3S2. The van der Waals surface area contributed by atoms with E-state index in [1.54, 1.807) is 33.3 Å². The molecule has 2 N–H and O–H groups in total. The average molecular weight is 544 g/mol. The van der Waals surface area contributed by atoms with Gasteiger partial charge in [0, 0.05) is 31.4 Å². The summed E-state index contributed by atoms with van der Waals surface area (Å²) in [5, 5.41) is 19.9. The topological polar surface area (TPSA) is 120 Å². The number of H-pyrrole nitrogens is 1. The fraction of sp³-hybridized carbons (Fsp3) is 0.458. The van der Waals surface area contributed by atoms with Crippen molar-refractivity contribution in [2.45, 2.75) is 48.4 Å². The van der Waals surface area contributed by atoms with Crippen molar-refractivity contribution in [2.24, 2.45) is 11.8 Å². The maximum atomic E-state index is 15.0. The van der Waals surface area contributed by atoms with Crippen LogP contribution in [0.1, 0.15) is 27.2 Å². The lowest BCUT2D eigenvalue weighted by molar-refractivity contribution is -0.00399. The van der Waals surface area contributed by atoms with Gasteiger partial charge in [0.15, 0.2) is 9.50 Å². The van der Waals surface area contributed by atoms with Crippen LogP contribution in [0.5, 0.6) is 0 Å². The van der Waals surface area contributed by atoms with Crippen molar-refractivity contribution in [1.29, 1.82) is 0 Å². The fourth-order valence-electron chi connectivity index (χ4n) is 5.10. The zero-order valence-corrected chi connectivity index (χ0v) is 22.4. The fourth-order valence-corrected chi connectivity index (χ4v) is 6.44. The quantitative estimate of drug-likeness (QED) is 0.360. The molecule has 2 fully saturated rings. The van der Waals surface area contributed by atoms with Crippen LogP contribution in [0.4, 0.5) is 20.7 Å². The average Bonchev–Trinajstić information content (AvgIpc) is 3.53. The molecule has 37 heavy (non-hydrogen) atoms. The smallest absolute Gasteiger partial charge is 0.414 e. The summed E-state index contributed by atoms with van der Waals surface area (Å²) < 4.78 is 21.2. The Morgan fingerprint density at radius 2 is 2.14 bits per heavy atom. The summed E-state index contributed by atoms with van der Waals surface area (Å²) in [4.78, 5) is 29.2. The van der Waals surface area contributed by atoms with Crippen LogP contribution >= 0.6 is 23.1 Å². The van der Waals surface area contributed by atoms with Crippen LogP contribution in [0.25, 0.3) is 21.9 Å². The molecule has 0 spiro atoms. The number of carbonyl (C=O) groups excluding carboxylic acids is 1. The van der Waals surface area contributed by atoms with Gasteiger partial charge in [0.25, 0.3) is 0 Å². The van der Waals surface area contributed by atoms with E-state index in [0.29, 0.717) is 55.4 Å². The molecule has 1 saturated carbocycles. The summed E-state index contributed by atoms with van der Waals surface area (Å²) in [6, 6.07) is 2.74. The van der Waals surface area contributed by atoms with E-state index in [1.807, 2.05) is 0 Å². The molecule has 3 aromatic heterocycles. The molecule has 2 unspecified atom stereocenters. The highest BCUT2D eigenvalue weighted by molar-refractivity contribution is 8.00. The number of rotatable bonds is 4. The summed E-state index contributed by atoms with van der Waals surface area (Å²) in [6.45, 7) is 6.75. The Morgan fingerprint density at radius 1 is 1.32 bits per heavy atom. The van der Waals surface area contributed by atoms with Crippen LogP contribution in [0.2, 0.25) is 0 Å². The first-order valence-electron chi connectivity index (χ1n) is 11.9. The van der Waals surface area contributed by atoms with Crippen LogP contribution in [0.3, 0.4) is 0 Å². The molecule has 10 nitrogen and oxygen atoms in total. The Bertz CT molecular complexity index is 1500. The molecule has 3 atom stereocenters. The highest BCUT2D eigenvalue weighted by Gasteiger charge is 2.47. The van der Waals surface area contributed by atoms with Crippen molar-refractivity contribution in [1.82, 2.24) is 25.1 Å². The molecule has 1 aliphatic carbocycles. The second-order valence-electron chi connectivity index (χ2n) is 10.5. The number of aromatic nitrogens is 5. The molecule has 1 aromatic carbocycles. The molecule has 1 aliphatic heterocycles. The third kappa shape index (κ3) is 4.38. The van der Waals surface area contributed by atoms with Crippen LogP contribution in [-0.4, -0.2) is 68.2 Å². The van der Waals surface area contributed by atoms with E-state index in [0.717, 1.165) is 13.0 Å². The highest BCUT2D eigenvalue weighted by atomic mass is 32.2. The van der Waals surface area contributed by atoms with Gasteiger partial charge < -0.3 is 19.7 Å². The van der Waals surface area contributed by atoms with E-state index in [4.69, 9.17) is 14.7 Å². The Morgan fingerprint density at radius 3 is 2.81 bits per heavy atom. The number of nitrogens with zero attached hydrogens (tertiary/aromatic N) is 6. The largest absolute Gasteiger partial charge is 0.443 e. The van der Waals surface area contributed by atoms with Gasteiger partial charge in [0.05, 0.1) is 22.7 Å². The van der Waals surface area contributed by atoms with Gasteiger partial charge in [-0.25, -0.2) is 19.2 Å². The van der Waals surface area contributed by atoms with Crippen molar-refractivity contribution in [3.63, 3.8) is 0 Å². The van der Waals surface area contributed by atoms with E-state index in [2.05, 4.69) is 20.1 Å². The maximum absolute atomic E-state index is 15.0. The molecule has 0 bridgehead atoms. The van der Waals surface area contributed by atoms with Gasteiger partial charge >= 0.3 is 6.09 Å². The Labute approximate surface area is 220 Å². The summed E-state index contributed by atoms with van der Waals surface area (Å²) in [6.07, 6.45) is -0.131. The number of aliphatic hydroxyl groups excluding tert-OH is 1. The predicted molar refractivity (Wildman–Crippen MR) is 140 cm³/mol. The summed E-state index contributed by atoms with van der Waals surface area (Å²) in [7, 11) is 1.55. The van der Waals surface area contributed by atoms with E-state index >= 15 is 0 Å². The van der Waals surface area contributed by atoms with Crippen molar-refractivity contribution >= 4 is 62.6 Å². The predicted octanol–water partition coefficient (Wildman–Crippen LogP) is 4.44. The molecule has 6 rings (SSSR count). The Hall–Kier alpha value is -3.03. The lowest BCUT2D eigenvalue weighted by Gasteiger charge is -2.34. The van der Waals surface area contributed by atoms with Gasteiger partial charge in [0.2, 0.25) is 0 Å². The molecule has 1 amide bonds. The number of anilines is 2. The normalized spacial score (nSPS) is 21.4. The molecule has 13 heteroatoms. The number of aliphatic hydroxyl groups is 1. The van der Waals surface area contributed by atoms with Gasteiger partial charge in [-0.05, 0) is 57.0 Å². The lowest BCUT2D eigenvalue weighted by atomic mass is 9.74. The second-order valence-corrected chi connectivity index (χ2v) is 12.6. The number of benzene rings is 1. The Kier molecular flexibility index (Phi) is 5.77. The van der Waals surface area contributed by atoms with E-state index in [1.165, 1.54) is 40.1 Å². The molecule has 4 aromatic rings. The van der Waals surface area contributed by atoms with Gasteiger partial charge in [-0.3, -0.25) is 4.90 Å². The molecule has 0 radical (unpaired) electrons. The van der Waals surface area contributed by atoms with Crippen molar-refractivity contribution in [3.8, 4) is 0 Å². The zero-order chi connectivity index (χ0) is 26.1. The lowest BCUT2D eigenvalue weighted by Crippen LogP contribution is -2.39. The first-order valence-corrected chi connectivity index (χ1v) is 13.6. The van der Waals surface area contributed by atoms with Crippen LogP contribution in [0, 0.1) is 17.7 Å². The second kappa shape index (κ2) is 8.77. The van der Waals surface area contributed by atoms with E-state index in [9.17, 15) is 14.3 Å². The number of aromatic amines is 1. The van der Waals surface area contributed by atoms with Gasteiger partial charge in [-0.2, -0.15) is 0 Å². The van der Waals surface area contributed by atoms with Crippen LogP contribution < -0.4 is 9.80 Å². The summed E-state index contributed by atoms with van der Waals surface area (Å²) in [5.41, 5.74) is 2.36. The number of fused-ring (bicyclic) bond motifs is 4. The maximum Gasteiger partial charge on any atom is 0.414 e. The zero-order valence-electron chi connectivity index (χ0n) is 20.7.